The highest BCUT2D eigenvalue weighted by Gasteiger charge is 2.16. The Hall–Kier alpha value is -1.29. The average molecular weight is 328 g/mol. The molecule has 1 unspecified atom stereocenters. The number of rotatable bonds is 5. The summed E-state index contributed by atoms with van der Waals surface area (Å²) in [5, 5.41) is 4.01. The third kappa shape index (κ3) is 3.67. The molecule has 2 rings (SSSR count). The van der Waals surface area contributed by atoms with Gasteiger partial charge in [-0.25, -0.2) is 4.39 Å². The van der Waals surface area contributed by atoms with Crippen molar-refractivity contribution in [2.45, 2.75) is 13.0 Å². The van der Waals surface area contributed by atoms with Crippen LogP contribution in [0.4, 0.5) is 4.39 Å². The Balaban J connectivity index is 2.44. The van der Waals surface area contributed by atoms with Gasteiger partial charge < -0.3 is 10.1 Å². The van der Waals surface area contributed by atoms with Gasteiger partial charge in [0.1, 0.15) is 11.6 Å². The lowest BCUT2D eigenvalue weighted by Crippen LogP contribution is -2.22. The summed E-state index contributed by atoms with van der Waals surface area (Å²) in [6.45, 7) is 2.76. The van der Waals surface area contributed by atoms with Crippen molar-refractivity contribution in [3.05, 3.63) is 63.4 Å². The minimum Gasteiger partial charge on any atom is -0.495 e. The van der Waals surface area contributed by atoms with Crippen LogP contribution in [-0.4, -0.2) is 13.7 Å². The summed E-state index contributed by atoms with van der Waals surface area (Å²) in [4.78, 5) is 0. The maximum atomic E-state index is 13.3. The van der Waals surface area contributed by atoms with Gasteiger partial charge in [0, 0.05) is 0 Å². The number of hydrogen-bond donors (Lipinski definition) is 1. The van der Waals surface area contributed by atoms with E-state index in [-0.39, 0.29) is 11.1 Å². The van der Waals surface area contributed by atoms with Gasteiger partial charge in [0.15, 0.2) is 0 Å². The van der Waals surface area contributed by atoms with Crippen LogP contribution in [0.5, 0.6) is 5.75 Å². The molecule has 0 aliphatic heterocycles. The molecule has 1 N–H and O–H groups in total. The summed E-state index contributed by atoms with van der Waals surface area (Å²) in [6.07, 6.45) is 0. The fraction of sp³-hybridized carbons (Fsp3) is 0.250. The van der Waals surface area contributed by atoms with Crippen molar-refractivity contribution < 1.29 is 9.13 Å². The van der Waals surface area contributed by atoms with Crippen LogP contribution in [0.25, 0.3) is 0 Å². The second-order valence-electron chi connectivity index (χ2n) is 4.56. The lowest BCUT2D eigenvalue weighted by atomic mass is 9.98. The fourth-order valence-corrected chi connectivity index (χ4v) is 2.56. The summed E-state index contributed by atoms with van der Waals surface area (Å²) in [5.41, 5.74) is 1.86. The summed E-state index contributed by atoms with van der Waals surface area (Å²) >= 11 is 11.9. The van der Waals surface area contributed by atoms with E-state index in [0.717, 1.165) is 17.7 Å². The molecule has 2 aromatic carbocycles. The zero-order valence-corrected chi connectivity index (χ0v) is 13.3. The van der Waals surface area contributed by atoms with E-state index in [4.69, 9.17) is 27.9 Å². The van der Waals surface area contributed by atoms with Gasteiger partial charge in [-0.3, -0.25) is 0 Å². The fourth-order valence-electron chi connectivity index (χ4n) is 2.18. The second kappa shape index (κ2) is 7.12. The number of benzene rings is 2. The lowest BCUT2D eigenvalue weighted by molar-refractivity contribution is 0.414. The van der Waals surface area contributed by atoms with Gasteiger partial charge in [0.25, 0.3) is 0 Å². The molecule has 0 fully saturated rings. The van der Waals surface area contributed by atoms with E-state index in [1.807, 2.05) is 19.1 Å². The topological polar surface area (TPSA) is 21.3 Å². The van der Waals surface area contributed by atoms with Gasteiger partial charge in [-0.2, -0.15) is 0 Å². The number of methoxy groups -OCH3 is 1. The van der Waals surface area contributed by atoms with Crippen LogP contribution < -0.4 is 10.1 Å². The Morgan fingerprint density at radius 1 is 1.10 bits per heavy atom. The molecule has 112 valence electrons. The molecule has 5 heteroatoms. The highest BCUT2D eigenvalue weighted by Crippen LogP contribution is 2.31. The van der Waals surface area contributed by atoms with Crippen molar-refractivity contribution in [1.82, 2.24) is 5.32 Å². The molecule has 0 spiro atoms. The Labute approximate surface area is 133 Å². The third-order valence-electron chi connectivity index (χ3n) is 3.19. The third-order valence-corrected chi connectivity index (χ3v) is 3.80. The number of hydrogen-bond acceptors (Lipinski definition) is 2. The molecule has 2 aromatic rings. The van der Waals surface area contributed by atoms with Crippen LogP contribution in [0.15, 0.2) is 36.4 Å². The smallest absolute Gasteiger partial charge is 0.141 e. The zero-order chi connectivity index (χ0) is 15.4. The molecular weight excluding hydrogens is 312 g/mol. The molecule has 0 bridgehead atoms. The molecule has 2 nitrogen and oxygen atoms in total. The zero-order valence-electron chi connectivity index (χ0n) is 11.8. The summed E-state index contributed by atoms with van der Waals surface area (Å²) < 4.78 is 18.6. The van der Waals surface area contributed by atoms with Crippen molar-refractivity contribution in [1.29, 1.82) is 0 Å². The monoisotopic (exact) mass is 327 g/mol. The average Bonchev–Trinajstić information content (AvgIpc) is 2.48. The van der Waals surface area contributed by atoms with Gasteiger partial charge in [0.05, 0.1) is 23.2 Å². The molecule has 21 heavy (non-hydrogen) atoms. The van der Waals surface area contributed by atoms with E-state index in [9.17, 15) is 4.39 Å². The molecule has 0 amide bonds. The van der Waals surface area contributed by atoms with Gasteiger partial charge in [-0.15, -0.1) is 0 Å². The van der Waals surface area contributed by atoms with E-state index >= 15 is 0 Å². The highest BCUT2D eigenvalue weighted by atomic mass is 35.5. The first-order valence-electron chi connectivity index (χ1n) is 6.58. The van der Waals surface area contributed by atoms with Crippen LogP contribution in [0.1, 0.15) is 24.1 Å². The molecule has 0 aliphatic carbocycles. The Kier molecular flexibility index (Phi) is 5.45. The molecule has 1 atom stereocenters. The number of nitrogens with one attached hydrogen (secondary N) is 1. The maximum Gasteiger partial charge on any atom is 0.141 e. The van der Waals surface area contributed by atoms with E-state index in [2.05, 4.69) is 5.32 Å². The van der Waals surface area contributed by atoms with Crippen molar-refractivity contribution in [3.8, 4) is 5.75 Å². The normalized spacial score (nSPS) is 12.2. The molecule has 0 aromatic heterocycles. The second-order valence-corrected chi connectivity index (χ2v) is 5.37. The van der Waals surface area contributed by atoms with Crippen LogP contribution in [0.3, 0.4) is 0 Å². The van der Waals surface area contributed by atoms with E-state index in [0.29, 0.717) is 10.8 Å². The summed E-state index contributed by atoms with van der Waals surface area (Å²) in [6, 6.07) is 10.2. The SMILES string of the molecule is CCNC(c1ccc(F)c(Cl)c1)c1ccc(Cl)c(OC)c1. The largest absolute Gasteiger partial charge is 0.495 e. The van der Waals surface area contributed by atoms with Crippen molar-refractivity contribution in [2.75, 3.05) is 13.7 Å². The predicted molar refractivity (Wildman–Crippen MR) is 84.9 cm³/mol. The van der Waals surface area contributed by atoms with E-state index in [1.165, 1.54) is 6.07 Å². The minimum atomic E-state index is -0.427. The summed E-state index contributed by atoms with van der Waals surface area (Å²) in [5.74, 6) is 0.176. The van der Waals surface area contributed by atoms with E-state index in [1.54, 1.807) is 25.3 Å². The van der Waals surface area contributed by atoms with Gasteiger partial charge in [0.2, 0.25) is 0 Å². The maximum absolute atomic E-state index is 13.3. The van der Waals surface area contributed by atoms with Gasteiger partial charge >= 0.3 is 0 Å². The Morgan fingerprint density at radius 2 is 1.76 bits per heavy atom. The molecule has 0 aliphatic rings. The van der Waals surface area contributed by atoms with Crippen LogP contribution in [-0.2, 0) is 0 Å². The standard InChI is InChI=1S/C16H16Cl2FNO/c1-3-20-16(10-5-7-14(19)13(18)8-10)11-4-6-12(17)15(9-11)21-2/h4-9,16,20H,3H2,1-2H3. The first kappa shape index (κ1) is 16.1. The molecule has 0 heterocycles. The first-order valence-corrected chi connectivity index (χ1v) is 7.34. The lowest BCUT2D eigenvalue weighted by Gasteiger charge is -2.20. The van der Waals surface area contributed by atoms with Gasteiger partial charge in [-0.05, 0) is 41.9 Å². The van der Waals surface area contributed by atoms with Crippen LogP contribution >= 0.6 is 23.2 Å². The molecular formula is C16H16Cl2FNO. The quantitative estimate of drug-likeness (QED) is 0.848. The molecule has 0 saturated carbocycles. The van der Waals surface area contributed by atoms with Crippen molar-refractivity contribution >= 4 is 23.2 Å². The molecule has 0 radical (unpaired) electrons. The summed E-state index contributed by atoms with van der Waals surface area (Å²) in [7, 11) is 1.57. The minimum absolute atomic E-state index is 0.108. The first-order chi connectivity index (χ1) is 10.1. The highest BCUT2D eigenvalue weighted by molar-refractivity contribution is 6.32. The Morgan fingerprint density at radius 3 is 2.38 bits per heavy atom. The van der Waals surface area contributed by atoms with Gasteiger partial charge in [-0.1, -0.05) is 42.3 Å². The number of ether oxygens (including phenoxy) is 1. The predicted octanol–water partition coefficient (Wildman–Crippen LogP) is 4.84. The van der Waals surface area contributed by atoms with Crippen LogP contribution in [0.2, 0.25) is 10.0 Å². The van der Waals surface area contributed by atoms with Crippen molar-refractivity contribution in [2.24, 2.45) is 0 Å². The number of halogens is 3. The van der Waals surface area contributed by atoms with E-state index < -0.39 is 5.82 Å². The van der Waals surface area contributed by atoms with Crippen LogP contribution in [0, 0.1) is 5.82 Å². The van der Waals surface area contributed by atoms with Crippen molar-refractivity contribution in [3.63, 3.8) is 0 Å². The Bertz CT molecular complexity index is 634. The molecule has 0 saturated heterocycles.